The van der Waals surface area contributed by atoms with Gasteiger partial charge >= 0.3 is 11.9 Å². The Labute approximate surface area is 448 Å². The van der Waals surface area contributed by atoms with Crippen LogP contribution in [0.25, 0.3) is 0 Å². The summed E-state index contributed by atoms with van der Waals surface area (Å²) < 4.78 is 50.1. The number of hydrogen-bond acceptors (Lipinski definition) is 11. The van der Waals surface area contributed by atoms with Crippen molar-refractivity contribution in [2.75, 3.05) is 53.2 Å². The first-order valence-electron chi connectivity index (χ1n) is 26.8. The van der Waals surface area contributed by atoms with Crippen molar-refractivity contribution in [2.45, 2.75) is 195 Å². The number of carbonyl (C=O) groups is 2. The van der Waals surface area contributed by atoms with E-state index in [1.54, 1.807) is 13.8 Å². The van der Waals surface area contributed by atoms with Crippen molar-refractivity contribution in [3.05, 3.63) is 120 Å². The number of rotatable bonds is 35. The average Bonchev–Trinajstić information content (AvgIpc) is 3.30. The Hall–Kier alpha value is -4.52. The van der Waals surface area contributed by atoms with E-state index < -0.39 is 34.5 Å². The van der Waals surface area contributed by atoms with Gasteiger partial charge in [-0.15, -0.1) is 0 Å². The molecular weight excluding hydrogens is 931 g/mol. The summed E-state index contributed by atoms with van der Waals surface area (Å²) in [6.07, 6.45) is 5.21. The third kappa shape index (κ3) is 21.2. The van der Waals surface area contributed by atoms with Crippen molar-refractivity contribution in [3.8, 4) is 11.5 Å². The van der Waals surface area contributed by atoms with Crippen LogP contribution in [0.3, 0.4) is 0 Å². The van der Waals surface area contributed by atoms with Gasteiger partial charge in [0.25, 0.3) is 0 Å². The minimum atomic E-state index is -0.817. The number of benzene rings is 3. The van der Waals surface area contributed by atoms with Gasteiger partial charge in [0, 0.05) is 55.6 Å². The molecule has 3 rings (SSSR count). The molecule has 0 saturated heterocycles. The summed E-state index contributed by atoms with van der Waals surface area (Å²) in [6, 6.07) is 28.0. The molecule has 0 aliphatic carbocycles. The lowest BCUT2D eigenvalue weighted by Crippen LogP contribution is -2.47. The van der Waals surface area contributed by atoms with Gasteiger partial charge in [0.2, 0.25) is 0 Å². The second-order valence-corrected chi connectivity index (χ2v) is 24.1. The predicted octanol–water partition coefficient (Wildman–Crippen LogP) is 14.2. The van der Waals surface area contributed by atoms with E-state index in [4.69, 9.17) is 37.9 Å². The van der Waals surface area contributed by atoms with Crippen molar-refractivity contribution < 1.29 is 47.5 Å². The molecule has 11 heteroatoms. The van der Waals surface area contributed by atoms with Gasteiger partial charge in [0.1, 0.15) is 28.4 Å². The Bertz CT molecular complexity index is 2180. The highest BCUT2D eigenvalue weighted by atomic mass is 16.6. The number of nitrogens with zero attached hydrogens (tertiary/aromatic N) is 1. The molecule has 2 atom stereocenters. The Morgan fingerprint density at radius 2 is 0.892 bits per heavy atom. The summed E-state index contributed by atoms with van der Waals surface area (Å²) in [5, 5.41) is 0. The van der Waals surface area contributed by atoms with Crippen LogP contribution in [0.2, 0.25) is 0 Å². The van der Waals surface area contributed by atoms with Crippen LogP contribution < -0.4 is 9.47 Å². The third-order valence-corrected chi connectivity index (χ3v) is 14.8. The highest BCUT2D eigenvalue weighted by molar-refractivity contribution is 5.87. The third-order valence-electron chi connectivity index (χ3n) is 14.8. The number of esters is 2. The van der Waals surface area contributed by atoms with E-state index in [0.717, 1.165) is 67.7 Å². The molecule has 11 nitrogen and oxygen atoms in total. The lowest BCUT2D eigenvalue weighted by Gasteiger charge is -2.44. The Kier molecular flexibility index (Phi) is 24.2. The molecule has 0 heterocycles. The van der Waals surface area contributed by atoms with Crippen molar-refractivity contribution in [1.29, 1.82) is 0 Å². The van der Waals surface area contributed by atoms with Gasteiger partial charge in [-0.1, -0.05) is 94.1 Å². The molecule has 0 aromatic heterocycles. The Morgan fingerprint density at radius 1 is 0.500 bits per heavy atom. The molecular formula is C63H97NO10. The lowest BCUT2D eigenvalue weighted by atomic mass is 9.73. The van der Waals surface area contributed by atoms with Crippen LogP contribution in [-0.2, 0) is 38.0 Å². The molecule has 2 unspecified atom stereocenters. The first kappa shape index (κ1) is 63.8. The lowest BCUT2D eigenvalue weighted by molar-refractivity contribution is -0.164. The molecule has 0 fully saturated rings. The molecule has 3 aromatic rings. The van der Waals surface area contributed by atoms with E-state index in [1.807, 2.05) is 100 Å². The zero-order chi connectivity index (χ0) is 55.6. The summed E-state index contributed by atoms with van der Waals surface area (Å²) in [5.74, 6) is 0.407. The molecule has 0 spiro atoms. The van der Waals surface area contributed by atoms with Crippen molar-refractivity contribution in [3.63, 3.8) is 0 Å². The molecule has 74 heavy (non-hydrogen) atoms. The SMILES string of the molecule is C=C(C)C(=O)OC(C)(C)C(COC(C)(C)N(C)CCCOC(C)(C)CCOc1ccc(OCCC(C)(C)OCCCCC(C)(C)C(C)(C)OCC(c2ccccc2)C(C)(C)OC(=O)C(=C)C)cc1)c1ccccc1. The number of unbranched alkanes of at least 4 members (excludes halogenated alkanes) is 1. The van der Waals surface area contributed by atoms with Gasteiger partial charge in [-0.3, -0.25) is 4.90 Å². The molecule has 0 bridgehead atoms. The maximum absolute atomic E-state index is 12.6. The second kappa shape index (κ2) is 28.0. The van der Waals surface area contributed by atoms with Crippen molar-refractivity contribution >= 4 is 11.9 Å². The quantitative estimate of drug-likeness (QED) is 0.0243. The molecule has 414 valence electrons. The van der Waals surface area contributed by atoms with Crippen LogP contribution >= 0.6 is 0 Å². The van der Waals surface area contributed by atoms with Crippen LogP contribution in [0.1, 0.15) is 172 Å². The van der Waals surface area contributed by atoms with Gasteiger partial charge in [0.05, 0.1) is 43.2 Å². The second-order valence-electron chi connectivity index (χ2n) is 24.1. The monoisotopic (exact) mass is 1030 g/mol. The Balaban J connectivity index is 1.35. The molecule has 3 aromatic carbocycles. The number of carbonyl (C=O) groups excluding carboxylic acids is 2. The normalized spacial score (nSPS) is 13.8. The summed E-state index contributed by atoms with van der Waals surface area (Å²) in [6.45, 7) is 43.8. The summed E-state index contributed by atoms with van der Waals surface area (Å²) in [4.78, 5) is 27.3. The van der Waals surface area contributed by atoms with E-state index in [9.17, 15) is 9.59 Å². The fourth-order valence-corrected chi connectivity index (χ4v) is 8.29. The van der Waals surface area contributed by atoms with Gasteiger partial charge in [0.15, 0.2) is 0 Å². The van der Waals surface area contributed by atoms with E-state index in [-0.39, 0.29) is 28.5 Å². The van der Waals surface area contributed by atoms with Crippen LogP contribution in [0.4, 0.5) is 0 Å². The molecule has 0 saturated carbocycles. The minimum Gasteiger partial charge on any atom is -0.493 e. The highest BCUT2D eigenvalue weighted by Gasteiger charge is 2.42. The fourth-order valence-electron chi connectivity index (χ4n) is 8.29. The van der Waals surface area contributed by atoms with Crippen molar-refractivity contribution in [1.82, 2.24) is 4.90 Å². The van der Waals surface area contributed by atoms with Gasteiger partial charge in [-0.25, -0.2) is 9.59 Å². The topological polar surface area (TPSA) is 111 Å². The Morgan fingerprint density at radius 3 is 1.30 bits per heavy atom. The smallest absolute Gasteiger partial charge is 0.333 e. The van der Waals surface area contributed by atoms with E-state index in [1.165, 1.54) is 0 Å². The maximum Gasteiger partial charge on any atom is 0.333 e. The molecule has 0 N–H and O–H groups in total. The fraction of sp³-hybridized carbons (Fsp3) is 0.619. The average molecular weight is 1030 g/mol. The molecule has 0 amide bonds. The van der Waals surface area contributed by atoms with Crippen LogP contribution in [0.15, 0.2) is 109 Å². The summed E-state index contributed by atoms with van der Waals surface area (Å²) in [5.41, 5.74) is -0.623. The van der Waals surface area contributed by atoms with Crippen LogP contribution in [-0.4, -0.2) is 104 Å². The predicted molar refractivity (Wildman–Crippen MR) is 300 cm³/mol. The van der Waals surface area contributed by atoms with Crippen LogP contribution in [0, 0.1) is 5.41 Å². The van der Waals surface area contributed by atoms with Crippen molar-refractivity contribution in [2.24, 2.45) is 5.41 Å². The van der Waals surface area contributed by atoms with E-state index in [0.29, 0.717) is 50.8 Å². The highest BCUT2D eigenvalue weighted by Crippen LogP contribution is 2.41. The van der Waals surface area contributed by atoms with Gasteiger partial charge in [-0.05, 0) is 164 Å². The zero-order valence-corrected chi connectivity index (χ0v) is 48.9. The van der Waals surface area contributed by atoms with Gasteiger partial charge < -0.3 is 37.9 Å². The summed E-state index contributed by atoms with van der Waals surface area (Å²) in [7, 11) is 2.06. The molecule has 0 aliphatic heterocycles. The van der Waals surface area contributed by atoms with Gasteiger partial charge in [-0.2, -0.15) is 0 Å². The summed E-state index contributed by atoms with van der Waals surface area (Å²) >= 11 is 0. The van der Waals surface area contributed by atoms with Crippen LogP contribution in [0.5, 0.6) is 11.5 Å². The zero-order valence-electron chi connectivity index (χ0n) is 48.9. The number of ether oxygens (including phenoxy) is 8. The number of hydrogen-bond donors (Lipinski definition) is 0. The van der Waals surface area contributed by atoms with E-state index in [2.05, 4.69) is 106 Å². The maximum atomic E-state index is 12.6. The minimum absolute atomic E-state index is 0.128. The first-order valence-corrected chi connectivity index (χ1v) is 26.8. The molecule has 0 aliphatic rings. The largest absolute Gasteiger partial charge is 0.493 e. The molecule has 0 radical (unpaired) electrons. The first-order chi connectivity index (χ1) is 34.3. The van der Waals surface area contributed by atoms with E-state index >= 15 is 0 Å². The standard InChI is InChI=1S/C63H97NO10/c1-47(2)55(65)73-60(11,12)53(49-29-22-20-23-30-49)45-71-62(15,16)57(5,6)37-26-27-41-69-58(7,8)38-43-67-51-33-35-52(36-34-51)68-44-39-59(9,10)70-42-28-40-64(19)63(17,18)72-46-54(50-31-24-21-25-32-50)61(13,14)74-56(66)48(3)4/h20-25,29-36,53-54H,1,3,26-28,37-46H2,2,4-19H3.